The van der Waals surface area contributed by atoms with Crippen LogP contribution in [0.2, 0.25) is 5.02 Å². The van der Waals surface area contributed by atoms with Crippen LogP contribution >= 0.6 is 11.6 Å². The first-order valence-corrected chi connectivity index (χ1v) is 20.3. The monoisotopic (exact) mass is 796 g/mol. The summed E-state index contributed by atoms with van der Waals surface area (Å²) in [7, 11) is 1.61. The number of anilines is 2. The highest BCUT2D eigenvalue weighted by molar-refractivity contribution is 6.31. The zero-order valence-corrected chi connectivity index (χ0v) is 33.0. The van der Waals surface area contributed by atoms with E-state index in [0.717, 1.165) is 102 Å². The Hall–Kier alpha value is -5.33. The number of nitriles is 1. The number of rotatable bonds is 11. The molecule has 3 saturated heterocycles. The average Bonchev–Trinajstić information content (AvgIpc) is 3.22. The maximum absolute atomic E-state index is 13.0. The van der Waals surface area contributed by atoms with Crippen molar-refractivity contribution in [2.24, 2.45) is 5.92 Å². The Kier molecular flexibility index (Phi) is 12.8. The third kappa shape index (κ3) is 10.2. The van der Waals surface area contributed by atoms with E-state index in [1.54, 1.807) is 37.5 Å². The third-order valence-corrected chi connectivity index (χ3v) is 12.0. The molecule has 4 fully saturated rings. The number of hydrogen-bond donors (Lipinski definition) is 2. The molecule has 0 bridgehead atoms. The van der Waals surface area contributed by atoms with E-state index in [1.165, 1.54) is 4.90 Å². The van der Waals surface area contributed by atoms with Gasteiger partial charge in [0.1, 0.15) is 23.7 Å². The van der Waals surface area contributed by atoms with Crippen LogP contribution in [0.4, 0.5) is 11.6 Å². The van der Waals surface area contributed by atoms with Crippen LogP contribution in [-0.2, 0) is 20.8 Å². The molecule has 1 unspecified atom stereocenters. The van der Waals surface area contributed by atoms with Gasteiger partial charge in [-0.25, -0.2) is 4.98 Å². The van der Waals surface area contributed by atoms with Crippen LogP contribution in [0.5, 0.6) is 5.75 Å². The van der Waals surface area contributed by atoms with Gasteiger partial charge in [-0.05, 0) is 86.8 Å². The topological polar surface area (TPSA) is 177 Å². The van der Waals surface area contributed by atoms with Crippen LogP contribution in [0.15, 0.2) is 48.7 Å². The van der Waals surface area contributed by atoms with Crippen LogP contribution in [-0.4, -0.2) is 120 Å². The highest BCUT2D eigenvalue weighted by Gasteiger charge is 2.32. The third-order valence-electron chi connectivity index (χ3n) is 11.6. The molecule has 1 saturated carbocycles. The second kappa shape index (κ2) is 18.3. The molecule has 4 amide bonds. The molecule has 4 aliphatic rings. The second-order valence-corrected chi connectivity index (χ2v) is 15.9. The SMILES string of the molecule is CN(C(=O)Cc1ccc(N2CCN(CC3CCN(c4ccc(C(=O)NC5CCC(Oc6ccc(C#N)c(Cl)c6)CC5)nn4)CC3)CC2)nc1)C1CCC(=O)NC1=O. The van der Waals surface area contributed by atoms with Crippen molar-refractivity contribution in [1.82, 2.24) is 35.6 Å². The predicted octanol–water partition coefficient (Wildman–Crippen LogP) is 3.36. The predicted molar refractivity (Wildman–Crippen MR) is 213 cm³/mol. The highest BCUT2D eigenvalue weighted by Crippen LogP contribution is 2.28. The lowest BCUT2D eigenvalue weighted by atomic mass is 9.93. The Bertz CT molecular complexity index is 1950. The minimum atomic E-state index is -0.630. The number of hydrogen-bond acceptors (Lipinski definition) is 12. The summed E-state index contributed by atoms with van der Waals surface area (Å²) >= 11 is 6.15. The van der Waals surface area contributed by atoms with E-state index >= 15 is 0 Å². The summed E-state index contributed by atoms with van der Waals surface area (Å²) in [4.78, 5) is 62.6. The Morgan fingerprint density at radius 2 is 1.67 bits per heavy atom. The Balaban J connectivity index is 0.785. The van der Waals surface area contributed by atoms with Gasteiger partial charge < -0.3 is 24.8 Å². The molecule has 16 heteroatoms. The van der Waals surface area contributed by atoms with Gasteiger partial charge in [-0.1, -0.05) is 17.7 Å². The fourth-order valence-electron chi connectivity index (χ4n) is 8.15. The van der Waals surface area contributed by atoms with Crippen LogP contribution < -0.4 is 25.2 Å². The van der Waals surface area contributed by atoms with Crippen molar-refractivity contribution in [1.29, 1.82) is 5.26 Å². The van der Waals surface area contributed by atoms with Gasteiger partial charge in [-0.3, -0.25) is 29.4 Å². The number of nitrogens with zero attached hydrogens (tertiary/aromatic N) is 8. The van der Waals surface area contributed by atoms with Crippen molar-refractivity contribution in [2.75, 3.05) is 62.7 Å². The molecule has 57 heavy (non-hydrogen) atoms. The van der Waals surface area contributed by atoms with Gasteiger partial charge >= 0.3 is 0 Å². The van der Waals surface area contributed by atoms with E-state index in [2.05, 4.69) is 46.6 Å². The summed E-state index contributed by atoms with van der Waals surface area (Å²) in [6.45, 7) is 6.51. The lowest BCUT2D eigenvalue weighted by molar-refractivity contribution is -0.144. The first kappa shape index (κ1) is 39.9. The molecule has 1 aromatic carbocycles. The normalized spacial score (nSPS) is 22.0. The standard InChI is InChI=1S/C41H49ClN10O5/c1-49(35-10-13-38(53)46-41(35)56)39(54)22-28-2-11-36(44-25-28)52-20-18-50(19-21-52)26-27-14-16-51(17-15-27)37-12-9-34(47-48-37)40(55)45-30-4-7-31(8-5-30)57-32-6-3-29(24-43)33(42)23-32/h2-3,6,9,11-12,23,25,27,30-31,35H,4-5,7-8,10,13-22,26H2,1H3,(H,45,55)(H,46,53,56). The average molecular weight is 797 g/mol. The number of halogens is 1. The number of carbonyl (C=O) groups excluding carboxylic acids is 4. The van der Waals surface area contributed by atoms with Crippen molar-refractivity contribution < 1.29 is 23.9 Å². The quantitative estimate of drug-likeness (QED) is 0.271. The number of benzene rings is 1. The van der Waals surface area contributed by atoms with E-state index in [1.807, 2.05) is 18.2 Å². The van der Waals surface area contributed by atoms with E-state index in [-0.39, 0.29) is 42.7 Å². The van der Waals surface area contributed by atoms with Crippen molar-refractivity contribution in [2.45, 2.75) is 76.0 Å². The number of pyridine rings is 1. The molecule has 1 aliphatic carbocycles. The first-order valence-electron chi connectivity index (χ1n) is 19.9. The summed E-state index contributed by atoms with van der Waals surface area (Å²) in [6.07, 6.45) is 7.79. The maximum atomic E-state index is 13.0. The van der Waals surface area contributed by atoms with Gasteiger partial charge in [-0.2, -0.15) is 5.26 Å². The number of amides is 4. The maximum Gasteiger partial charge on any atom is 0.272 e. The number of piperidine rings is 2. The molecular weight excluding hydrogens is 748 g/mol. The number of carbonyl (C=O) groups is 4. The number of aromatic nitrogens is 3. The minimum Gasteiger partial charge on any atom is -0.490 e. The molecule has 300 valence electrons. The lowest BCUT2D eigenvalue weighted by Crippen LogP contribution is -2.53. The van der Waals surface area contributed by atoms with Crippen LogP contribution in [0.25, 0.3) is 0 Å². The molecule has 15 nitrogen and oxygen atoms in total. The fraction of sp³-hybridized carbons (Fsp3) is 0.512. The van der Waals surface area contributed by atoms with Crippen molar-refractivity contribution in [3.8, 4) is 11.8 Å². The molecule has 0 spiro atoms. The van der Waals surface area contributed by atoms with E-state index in [4.69, 9.17) is 21.6 Å². The van der Waals surface area contributed by atoms with Crippen molar-refractivity contribution >= 4 is 46.9 Å². The van der Waals surface area contributed by atoms with Crippen LogP contribution in [0, 0.1) is 17.2 Å². The second-order valence-electron chi connectivity index (χ2n) is 15.5. The zero-order valence-electron chi connectivity index (χ0n) is 32.2. The molecular formula is C41H49ClN10O5. The fourth-order valence-corrected chi connectivity index (χ4v) is 8.37. The van der Waals surface area contributed by atoms with Crippen LogP contribution in [0.1, 0.15) is 73.0 Å². The van der Waals surface area contributed by atoms with Gasteiger partial charge in [-0.15, -0.1) is 10.2 Å². The van der Waals surface area contributed by atoms with E-state index in [0.29, 0.717) is 34.4 Å². The van der Waals surface area contributed by atoms with Gasteiger partial charge in [0, 0.05) is 77.6 Å². The largest absolute Gasteiger partial charge is 0.490 e. The number of piperazine rings is 1. The smallest absolute Gasteiger partial charge is 0.272 e. The molecule has 3 aliphatic heterocycles. The zero-order chi connectivity index (χ0) is 39.9. The van der Waals surface area contributed by atoms with Gasteiger partial charge in [0.15, 0.2) is 11.5 Å². The Labute approximate surface area is 337 Å². The number of ether oxygens (including phenoxy) is 1. The molecule has 5 heterocycles. The van der Waals surface area contributed by atoms with Gasteiger partial charge in [0.25, 0.3) is 5.91 Å². The van der Waals surface area contributed by atoms with Gasteiger partial charge in [0.2, 0.25) is 17.7 Å². The summed E-state index contributed by atoms with van der Waals surface area (Å²) in [5, 5.41) is 23.6. The molecule has 2 N–H and O–H groups in total. The summed E-state index contributed by atoms with van der Waals surface area (Å²) in [6, 6.07) is 14.1. The first-order chi connectivity index (χ1) is 27.6. The Morgan fingerprint density at radius 3 is 2.32 bits per heavy atom. The molecule has 3 aromatic rings. The summed E-state index contributed by atoms with van der Waals surface area (Å²) in [5.74, 6) is 1.81. The number of imide groups is 1. The van der Waals surface area contributed by atoms with Crippen molar-refractivity contribution in [3.05, 3.63) is 70.5 Å². The molecule has 7 rings (SSSR count). The van der Waals surface area contributed by atoms with E-state index < -0.39 is 11.9 Å². The summed E-state index contributed by atoms with van der Waals surface area (Å²) < 4.78 is 6.08. The summed E-state index contributed by atoms with van der Waals surface area (Å²) in [5.41, 5.74) is 1.52. The van der Waals surface area contributed by atoms with Gasteiger partial charge in [0.05, 0.1) is 23.1 Å². The van der Waals surface area contributed by atoms with E-state index in [9.17, 15) is 19.2 Å². The minimum absolute atomic E-state index is 0.0278. The van der Waals surface area contributed by atoms with Crippen LogP contribution in [0.3, 0.4) is 0 Å². The number of nitrogens with one attached hydrogen (secondary N) is 2. The lowest BCUT2D eigenvalue weighted by Gasteiger charge is -2.39. The van der Waals surface area contributed by atoms with Crippen molar-refractivity contribution in [3.63, 3.8) is 0 Å². The highest BCUT2D eigenvalue weighted by atomic mass is 35.5. The number of likely N-dealkylation sites (N-methyl/N-ethyl adjacent to an activating group) is 1. The molecule has 2 aromatic heterocycles. The molecule has 1 atom stereocenters. The molecule has 0 radical (unpaired) electrons. The Morgan fingerprint density at radius 1 is 0.930 bits per heavy atom.